The van der Waals surface area contributed by atoms with Gasteiger partial charge in [0, 0.05) is 26.1 Å². The highest BCUT2D eigenvalue weighted by Gasteiger charge is 2.17. The number of rotatable bonds is 5. The first-order chi connectivity index (χ1) is 6.33. The monoisotopic (exact) mass is 184 g/mol. The summed E-state index contributed by atoms with van der Waals surface area (Å²) in [6, 6.07) is 0. The number of ether oxygens (including phenoxy) is 1. The average Bonchev–Trinajstić information content (AvgIpc) is 2.15. The summed E-state index contributed by atoms with van der Waals surface area (Å²) in [6.45, 7) is 3.74. The fourth-order valence-corrected chi connectivity index (χ4v) is 1.91. The lowest BCUT2D eigenvalue weighted by Crippen LogP contribution is -2.14. The third-order valence-corrected chi connectivity index (χ3v) is 2.77. The topological polar surface area (TPSA) is 26.3 Å². The van der Waals surface area contributed by atoms with Gasteiger partial charge in [-0.1, -0.05) is 0 Å². The Morgan fingerprint density at radius 2 is 2.08 bits per heavy atom. The molecule has 0 aromatic carbocycles. The minimum Gasteiger partial charge on any atom is -0.382 e. The Balaban J connectivity index is 1.99. The van der Waals surface area contributed by atoms with E-state index >= 15 is 0 Å². The van der Waals surface area contributed by atoms with E-state index in [1.807, 2.05) is 6.92 Å². The van der Waals surface area contributed by atoms with Crippen LogP contribution < -0.4 is 0 Å². The van der Waals surface area contributed by atoms with Crippen molar-refractivity contribution in [1.29, 1.82) is 0 Å². The van der Waals surface area contributed by atoms with Gasteiger partial charge in [0.2, 0.25) is 0 Å². The maximum atomic E-state index is 11.0. The van der Waals surface area contributed by atoms with E-state index in [-0.39, 0.29) is 0 Å². The van der Waals surface area contributed by atoms with Crippen LogP contribution in [0.5, 0.6) is 0 Å². The Morgan fingerprint density at radius 1 is 1.38 bits per heavy atom. The van der Waals surface area contributed by atoms with E-state index in [9.17, 15) is 4.79 Å². The zero-order chi connectivity index (χ0) is 9.52. The van der Waals surface area contributed by atoms with Crippen molar-refractivity contribution in [2.75, 3.05) is 13.2 Å². The van der Waals surface area contributed by atoms with Gasteiger partial charge in [0.15, 0.2) is 0 Å². The number of hydrogen-bond donors (Lipinski definition) is 0. The Bertz CT molecular complexity index is 144. The second-order valence-electron chi connectivity index (χ2n) is 3.82. The molecule has 0 aliphatic heterocycles. The SMILES string of the molecule is CCOCCCC1CCC(=O)CC1. The highest BCUT2D eigenvalue weighted by molar-refractivity contribution is 5.78. The van der Waals surface area contributed by atoms with Gasteiger partial charge in [-0.3, -0.25) is 4.79 Å². The molecule has 0 aromatic heterocycles. The maximum absolute atomic E-state index is 11.0. The van der Waals surface area contributed by atoms with Crippen LogP contribution in [0.15, 0.2) is 0 Å². The van der Waals surface area contributed by atoms with Crippen molar-refractivity contribution in [2.24, 2.45) is 5.92 Å². The molecule has 0 unspecified atom stereocenters. The Morgan fingerprint density at radius 3 is 2.69 bits per heavy atom. The molecular weight excluding hydrogens is 164 g/mol. The molecule has 1 rings (SSSR count). The summed E-state index contributed by atoms with van der Waals surface area (Å²) >= 11 is 0. The molecule has 76 valence electrons. The molecule has 1 fully saturated rings. The molecule has 0 radical (unpaired) electrons. The van der Waals surface area contributed by atoms with E-state index in [1.54, 1.807) is 0 Å². The molecule has 1 aliphatic rings. The van der Waals surface area contributed by atoms with E-state index in [2.05, 4.69) is 0 Å². The number of Topliss-reactive ketones (excluding diaryl/α,β-unsaturated/α-hetero) is 1. The Hall–Kier alpha value is -0.370. The molecule has 1 aliphatic carbocycles. The average molecular weight is 184 g/mol. The van der Waals surface area contributed by atoms with Crippen LogP contribution in [-0.2, 0) is 9.53 Å². The van der Waals surface area contributed by atoms with Crippen LogP contribution in [0.2, 0.25) is 0 Å². The first-order valence-electron chi connectivity index (χ1n) is 5.42. The summed E-state index contributed by atoms with van der Waals surface area (Å²) in [7, 11) is 0. The van der Waals surface area contributed by atoms with E-state index in [4.69, 9.17) is 4.74 Å². The summed E-state index contributed by atoms with van der Waals surface area (Å²) < 4.78 is 5.28. The van der Waals surface area contributed by atoms with Crippen LogP contribution in [0.3, 0.4) is 0 Å². The fourth-order valence-electron chi connectivity index (χ4n) is 1.91. The maximum Gasteiger partial charge on any atom is 0.132 e. The summed E-state index contributed by atoms with van der Waals surface area (Å²) in [5.74, 6) is 1.25. The van der Waals surface area contributed by atoms with Crippen LogP contribution in [0, 0.1) is 5.92 Å². The van der Waals surface area contributed by atoms with Crippen LogP contribution in [0.25, 0.3) is 0 Å². The van der Waals surface area contributed by atoms with Crippen LogP contribution in [0.1, 0.15) is 45.4 Å². The van der Waals surface area contributed by atoms with Gasteiger partial charge in [-0.05, 0) is 38.5 Å². The Kier molecular flexibility index (Phi) is 5.06. The number of carbonyl (C=O) groups excluding carboxylic acids is 1. The van der Waals surface area contributed by atoms with Crippen molar-refractivity contribution in [2.45, 2.75) is 45.4 Å². The third kappa shape index (κ3) is 4.41. The van der Waals surface area contributed by atoms with Gasteiger partial charge in [-0.2, -0.15) is 0 Å². The smallest absolute Gasteiger partial charge is 0.132 e. The largest absolute Gasteiger partial charge is 0.382 e. The van der Waals surface area contributed by atoms with Crippen molar-refractivity contribution in [3.8, 4) is 0 Å². The van der Waals surface area contributed by atoms with E-state index in [0.717, 1.165) is 51.2 Å². The summed E-state index contributed by atoms with van der Waals surface area (Å²) in [4.78, 5) is 11.0. The minimum absolute atomic E-state index is 0.459. The molecule has 0 saturated heterocycles. The van der Waals surface area contributed by atoms with Gasteiger partial charge >= 0.3 is 0 Å². The van der Waals surface area contributed by atoms with Gasteiger partial charge in [0.1, 0.15) is 5.78 Å². The van der Waals surface area contributed by atoms with Crippen LogP contribution in [-0.4, -0.2) is 19.0 Å². The number of ketones is 1. The van der Waals surface area contributed by atoms with Crippen LogP contribution in [0.4, 0.5) is 0 Å². The molecule has 0 heterocycles. The predicted octanol–water partition coefficient (Wildman–Crippen LogP) is 2.56. The van der Waals surface area contributed by atoms with Crippen molar-refractivity contribution in [3.63, 3.8) is 0 Å². The second kappa shape index (κ2) is 6.14. The van der Waals surface area contributed by atoms with Crippen molar-refractivity contribution < 1.29 is 9.53 Å². The molecule has 0 atom stereocenters. The van der Waals surface area contributed by atoms with Crippen molar-refractivity contribution in [3.05, 3.63) is 0 Å². The zero-order valence-electron chi connectivity index (χ0n) is 8.55. The summed E-state index contributed by atoms with van der Waals surface area (Å²) in [6.07, 6.45) is 6.27. The van der Waals surface area contributed by atoms with Gasteiger partial charge in [-0.25, -0.2) is 0 Å². The first kappa shape index (κ1) is 10.7. The normalized spacial score (nSPS) is 19.3. The lowest BCUT2D eigenvalue weighted by molar-refractivity contribution is -0.121. The van der Waals surface area contributed by atoms with Gasteiger partial charge in [0.05, 0.1) is 0 Å². The zero-order valence-corrected chi connectivity index (χ0v) is 8.55. The molecule has 0 N–H and O–H groups in total. The number of carbonyl (C=O) groups is 1. The van der Waals surface area contributed by atoms with Crippen LogP contribution >= 0.6 is 0 Å². The predicted molar refractivity (Wildman–Crippen MR) is 52.7 cm³/mol. The quantitative estimate of drug-likeness (QED) is 0.614. The lowest BCUT2D eigenvalue weighted by atomic mass is 9.85. The molecule has 0 bridgehead atoms. The fraction of sp³-hybridized carbons (Fsp3) is 0.909. The third-order valence-electron chi connectivity index (χ3n) is 2.77. The van der Waals surface area contributed by atoms with Crippen molar-refractivity contribution >= 4 is 5.78 Å². The summed E-state index contributed by atoms with van der Waals surface area (Å²) in [5.41, 5.74) is 0. The lowest BCUT2D eigenvalue weighted by Gasteiger charge is -2.20. The van der Waals surface area contributed by atoms with E-state index in [0.29, 0.717) is 5.78 Å². The molecule has 2 heteroatoms. The first-order valence-corrected chi connectivity index (χ1v) is 5.42. The minimum atomic E-state index is 0.459. The van der Waals surface area contributed by atoms with E-state index < -0.39 is 0 Å². The van der Waals surface area contributed by atoms with Gasteiger partial charge < -0.3 is 4.74 Å². The standard InChI is InChI=1S/C11H20O2/c1-2-13-9-3-4-10-5-7-11(12)8-6-10/h10H,2-9H2,1H3. The summed E-state index contributed by atoms with van der Waals surface area (Å²) in [5, 5.41) is 0. The van der Waals surface area contributed by atoms with Gasteiger partial charge in [0.25, 0.3) is 0 Å². The van der Waals surface area contributed by atoms with E-state index in [1.165, 1.54) is 6.42 Å². The highest BCUT2D eigenvalue weighted by atomic mass is 16.5. The number of hydrogen-bond acceptors (Lipinski definition) is 2. The highest BCUT2D eigenvalue weighted by Crippen LogP contribution is 2.25. The molecule has 0 aromatic rings. The molecule has 1 saturated carbocycles. The molecule has 2 nitrogen and oxygen atoms in total. The molecule has 0 amide bonds. The van der Waals surface area contributed by atoms with Gasteiger partial charge in [-0.15, -0.1) is 0 Å². The molecular formula is C11H20O2. The molecule has 0 spiro atoms. The van der Waals surface area contributed by atoms with Crippen molar-refractivity contribution in [1.82, 2.24) is 0 Å². The Labute approximate surface area is 80.7 Å². The second-order valence-corrected chi connectivity index (χ2v) is 3.82. The molecule has 13 heavy (non-hydrogen) atoms.